The van der Waals surface area contributed by atoms with E-state index in [0.29, 0.717) is 23.6 Å². The summed E-state index contributed by atoms with van der Waals surface area (Å²) >= 11 is 0. The molecule has 0 amide bonds. The molecule has 0 spiro atoms. The first kappa shape index (κ1) is 13.3. The lowest BCUT2D eigenvalue weighted by atomic mass is 9.69. The maximum absolute atomic E-state index is 14.0. The molecule has 18 heavy (non-hydrogen) atoms. The summed E-state index contributed by atoms with van der Waals surface area (Å²) in [5.74, 6) is 1.39. The van der Waals surface area contributed by atoms with Crippen molar-refractivity contribution in [3.05, 3.63) is 29.6 Å². The molecule has 2 unspecified atom stereocenters. The first-order valence-corrected chi connectivity index (χ1v) is 6.68. The average molecular weight is 251 g/mol. The Morgan fingerprint density at radius 1 is 1.39 bits per heavy atom. The molecule has 1 aromatic rings. The Kier molecular flexibility index (Phi) is 4.23. The van der Waals surface area contributed by atoms with Gasteiger partial charge in [0, 0.05) is 12.1 Å². The van der Waals surface area contributed by atoms with Crippen molar-refractivity contribution in [2.24, 2.45) is 5.92 Å². The van der Waals surface area contributed by atoms with E-state index >= 15 is 0 Å². The van der Waals surface area contributed by atoms with Crippen LogP contribution in [0.15, 0.2) is 18.2 Å². The summed E-state index contributed by atoms with van der Waals surface area (Å²) in [5, 5.41) is 3.44. The van der Waals surface area contributed by atoms with Crippen LogP contribution in [-0.2, 0) is 0 Å². The fourth-order valence-electron chi connectivity index (χ4n) is 2.55. The molecule has 0 heterocycles. The molecule has 1 fully saturated rings. The van der Waals surface area contributed by atoms with Gasteiger partial charge in [-0.3, -0.25) is 0 Å². The second kappa shape index (κ2) is 5.70. The van der Waals surface area contributed by atoms with Crippen LogP contribution in [0.3, 0.4) is 0 Å². The molecule has 0 radical (unpaired) electrons. The minimum absolute atomic E-state index is 0.131. The molecule has 100 valence electrons. The summed E-state index contributed by atoms with van der Waals surface area (Å²) in [5.41, 5.74) is 0.845. The highest BCUT2D eigenvalue weighted by Gasteiger charge is 2.33. The third-order valence-electron chi connectivity index (χ3n) is 3.81. The zero-order valence-electron chi connectivity index (χ0n) is 11.4. The van der Waals surface area contributed by atoms with Crippen LogP contribution in [0.2, 0.25) is 0 Å². The van der Waals surface area contributed by atoms with Crippen molar-refractivity contribution in [1.82, 2.24) is 5.32 Å². The van der Waals surface area contributed by atoms with E-state index in [-0.39, 0.29) is 5.82 Å². The molecule has 0 bridgehead atoms. The highest BCUT2D eigenvalue weighted by Crippen LogP contribution is 2.43. The van der Waals surface area contributed by atoms with E-state index < -0.39 is 0 Å². The molecule has 0 saturated heterocycles. The number of halogens is 1. The molecule has 2 rings (SSSR count). The van der Waals surface area contributed by atoms with Crippen LogP contribution in [-0.4, -0.2) is 19.7 Å². The Bertz CT molecular complexity index is 405. The molecule has 1 aliphatic rings. The van der Waals surface area contributed by atoms with Crippen LogP contribution in [0.25, 0.3) is 0 Å². The highest BCUT2D eigenvalue weighted by atomic mass is 19.1. The number of rotatable bonds is 5. The molecule has 1 saturated carbocycles. The van der Waals surface area contributed by atoms with Crippen molar-refractivity contribution in [1.29, 1.82) is 0 Å². The van der Waals surface area contributed by atoms with Crippen molar-refractivity contribution in [2.45, 2.75) is 38.6 Å². The second-order valence-electron chi connectivity index (χ2n) is 5.39. The topological polar surface area (TPSA) is 21.3 Å². The van der Waals surface area contributed by atoms with E-state index in [0.717, 1.165) is 18.5 Å². The molecule has 0 aromatic heterocycles. The van der Waals surface area contributed by atoms with Crippen molar-refractivity contribution >= 4 is 0 Å². The lowest BCUT2D eigenvalue weighted by Gasteiger charge is -2.38. The predicted molar refractivity (Wildman–Crippen MR) is 71.6 cm³/mol. The largest absolute Gasteiger partial charge is 0.497 e. The number of nitrogens with one attached hydrogen (secondary N) is 1. The molecular formula is C15H22FNO. The Hall–Kier alpha value is -1.09. The van der Waals surface area contributed by atoms with Crippen LogP contribution >= 0.6 is 0 Å². The Morgan fingerprint density at radius 2 is 2.17 bits per heavy atom. The van der Waals surface area contributed by atoms with Crippen LogP contribution < -0.4 is 10.1 Å². The van der Waals surface area contributed by atoms with Gasteiger partial charge in [-0.15, -0.1) is 0 Å². The number of methoxy groups -OCH3 is 1. The van der Waals surface area contributed by atoms with Crippen molar-refractivity contribution in [2.75, 3.05) is 13.7 Å². The quantitative estimate of drug-likeness (QED) is 0.866. The van der Waals surface area contributed by atoms with Gasteiger partial charge in [-0.05, 0) is 42.9 Å². The normalized spacial score (nSPS) is 22.9. The molecular weight excluding hydrogens is 229 g/mol. The van der Waals surface area contributed by atoms with Gasteiger partial charge in [0.15, 0.2) is 0 Å². The predicted octanol–water partition coefficient (Wildman–Crippen LogP) is 3.33. The van der Waals surface area contributed by atoms with Gasteiger partial charge in [0.05, 0.1) is 7.11 Å². The fraction of sp³-hybridized carbons (Fsp3) is 0.600. The molecule has 1 N–H and O–H groups in total. The van der Waals surface area contributed by atoms with E-state index in [1.54, 1.807) is 7.11 Å². The average Bonchev–Trinajstić information content (AvgIpc) is 2.30. The van der Waals surface area contributed by atoms with Gasteiger partial charge in [0.2, 0.25) is 0 Å². The summed E-state index contributed by atoms with van der Waals surface area (Å²) in [6.07, 6.45) is 2.28. The highest BCUT2D eigenvalue weighted by molar-refractivity contribution is 5.32. The maximum atomic E-state index is 14.0. The van der Waals surface area contributed by atoms with Crippen LogP contribution in [0.5, 0.6) is 5.75 Å². The van der Waals surface area contributed by atoms with Crippen molar-refractivity contribution in [3.8, 4) is 5.75 Å². The van der Waals surface area contributed by atoms with E-state index in [2.05, 4.69) is 19.2 Å². The second-order valence-corrected chi connectivity index (χ2v) is 5.39. The minimum atomic E-state index is -0.131. The van der Waals surface area contributed by atoms with E-state index in [9.17, 15) is 4.39 Å². The minimum Gasteiger partial charge on any atom is -0.497 e. The maximum Gasteiger partial charge on any atom is 0.130 e. The Balaban J connectivity index is 2.03. The lowest BCUT2D eigenvalue weighted by Crippen LogP contribution is -2.37. The van der Waals surface area contributed by atoms with Crippen LogP contribution in [0.4, 0.5) is 4.39 Å². The van der Waals surface area contributed by atoms with E-state index in [1.165, 1.54) is 12.5 Å². The van der Waals surface area contributed by atoms with Crippen LogP contribution in [0.1, 0.15) is 38.2 Å². The summed E-state index contributed by atoms with van der Waals surface area (Å²) in [6, 6.07) is 5.71. The number of hydrogen-bond donors (Lipinski definition) is 1. The first-order valence-electron chi connectivity index (χ1n) is 6.68. The summed E-state index contributed by atoms with van der Waals surface area (Å²) in [6.45, 7) is 5.26. The van der Waals surface area contributed by atoms with Gasteiger partial charge in [-0.1, -0.05) is 19.9 Å². The fourth-order valence-corrected chi connectivity index (χ4v) is 2.55. The summed E-state index contributed by atoms with van der Waals surface area (Å²) in [7, 11) is 1.56. The summed E-state index contributed by atoms with van der Waals surface area (Å²) < 4.78 is 19.0. The standard InChI is InChI=1S/C15H22FNO/c1-10(2)17-9-11-4-6-13(11)14-7-5-12(18-3)8-15(14)16/h5,7-8,10-11,13,17H,4,6,9H2,1-3H3. The molecule has 2 nitrogen and oxygen atoms in total. The van der Waals surface area contributed by atoms with E-state index in [4.69, 9.17) is 4.74 Å². The SMILES string of the molecule is COc1ccc(C2CCC2CNC(C)C)c(F)c1. The molecule has 1 aliphatic carbocycles. The monoisotopic (exact) mass is 251 g/mol. The van der Waals surface area contributed by atoms with Crippen LogP contribution in [0, 0.1) is 11.7 Å². The molecule has 1 aromatic carbocycles. The van der Waals surface area contributed by atoms with Gasteiger partial charge in [-0.2, -0.15) is 0 Å². The van der Waals surface area contributed by atoms with Gasteiger partial charge >= 0.3 is 0 Å². The van der Waals surface area contributed by atoms with Gasteiger partial charge in [-0.25, -0.2) is 4.39 Å². The van der Waals surface area contributed by atoms with E-state index in [1.807, 2.05) is 12.1 Å². The smallest absolute Gasteiger partial charge is 0.130 e. The molecule has 3 heteroatoms. The molecule has 0 aliphatic heterocycles. The zero-order valence-corrected chi connectivity index (χ0v) is 11.4. The Morgan fingerprint density at radius 3 is 2.67 bits per heavy atom. The lowest BCUT2D eigenvalue weighted by molar-refractivity contribution is 0.235. The summed E-state index contributed by atoms with van der Waals surface area (Å²) in [4.78, 5) is 0. The van der Waals surface area contributed by atoms with Crippen molar-refractivity contribution in [3.63, 3.8) is 0 Å². The molecule has 2 atom stereocenters. The zero-order chi connectivity index (χ0) is 13.1. The number of hydrogen-bond acceptors (Lipinski definition) is 2. The van der Waals surface area contributed by atoms with Gasteiger partial charge in [0.25, 0.3) is 0 Å². The number of benzene rings is 1. The number of ether oxygens (including phenoxy) is 1. The third-order valence-corrected chi connectivity index (χ3v) is 3.81. The first-order chi connectivity index (χ1) is 8.61. The van der Waals surface area contributed by atoms with Gasteiger partial charge in [0.1, 0.15) is 11.6 Å². The van der Waals surface area contributed by atoms with Crippen molar-refractivity contribution < 1.29 is 9.13 Å². The van der Waals surface area contributed by atoms with Gasteiger partial charge < -0.3 is 10.1 Å². The Labute approximate surface area is 109 Å². The third kappa shape index (κ3) is 2.83.